The molecule has 2 aromatic rings. The number of guanidine groups is 1. The first-order valence-corrected chi connectivity index (χ1v) is 6.06. The molecule has 0 bridgehead atoms. The highest BCUT2D eigenvalue weighted by atomic mass is 35.5. The summed E-state index contributed by atoms with van der Waals surface area (Å²) in [5.41, 5.74) is 4.62. The van der Waals surface area contributed by atoms with E-state index in [1.807, 2.05) is 13.0 Å². The summed E-state index contributed by atoms with van der Waals surface area (Å²) in [7, 11) is 0. The number of halogens is 1. The van der Waals surface area contributed by atoms with Crippen molar-refractivity contribution in [2.24, 2.45) is 10.8 Å². The lowest BCUT2D eigenvalue weighted by atomic mass is 10.2. The Morgan fingerprint density at radius 3 is 3.06 bits per heavy atom. The molecule has 1 aromatic heterocycles. The van der Waals surface area contributed by atoms with E-state index in [1.54, 1.807) is 6.07 Å². The predicted molar refractivity (Wildman–Crippen MR) is 71.3 cm³/mol. The Morgan fingerprint density at radius 1 is 1.53 bits per heavy atom. The molecule has 0 saturated carbocycles. The van der Waals surface area contributed by atoms with Crippen LogP contribution >= 0.6 is 23.3 Å². The third-order valence-corrected chi connectivity index (χ3v) is 2.93. The molecule has 4 N–H and O–H groups in total. The van der Waals surface area contributed by atoms with Gasteiger partial charge in [0.2, 0.25) is 5.96 Å². The minimum atomic E-state index is 0.440. The van der Waals surface area contributed by atoms with Gasteiger partial charge in [-0.2, -0.15) is 8.75 Å². The molecular formula is C9H11ClN6S. The maximum absolute atomic E-state index is 6.11. The van der Waals surface area contributed by atoms with Gasteiger partial charge in [0.25, 0.3) is 0 Å². The summed E-state index contributed by atoms with van der Waals surface area (Å²) in [6, 6.07) is 3.58. The molecule has 0 aliphatic carbocycles. The van der Waals surface area contributed by atoms with Crippen molar-refractivity contribution < 1.29 is 0 Å². The number of rotatable bonds is 2. The van der Waals surface area contributed by atoms with Crippen LogP contribution in [0.1, 0.15) is 6.92 Å². The highest BCUT2D eigenvalue weighted by molar-refractivity contribution is 7.00. The number of hydrazine groups is 1. The molecular weight excluding hydrogens is 260 g/mol. The Hall–Kier alpha value is -1.44. The van der Waals surface area contributed by atoms with Gasteiger partial charge in [-0.25, -0.2) is 5.84 Å². The lowest BCUT2D eigenvalue weighted by molar-refractivity contribution is 0.986. The largest absolute Gasteiger partial charge is 0.322 e. The summed E-state index contributed by atoms with van der Waals surface area (Å²) < 4.78 is 8.33. The van der Waals surface area contributed by atoms with Crippen LogP contribution in [0, 0.1) is 0 Å². The summed E-state index contributed by atoms with van der Waals surface area (Å²) in [5, 5.41) is 3.56. The molecule has 1 heterocycles. The maximum Gasteiger partial charge on any atom is 0.210 e. The SMILES string of the molecule is CCN=C(NN)Nc1c(Cl)ccc2nsnc12. The molecule has 0 unspecified atom stereocenters. The van der Waals surface area contributed by atoms with Gasteiger partial charge in [-0.05, 0) is 19.1 Å². The van der Waals surface area contributed by atoms with E-state index in [0.717, 1.165) is 17.2 Å². The van der Waals surface area contributed by atoms with E-state index in [0.29, 0.717) is 28.7 Å². The molecule has 0 spiro atoms. The molecule has 0 aliphatic heterocycles. The van der Waals surface area contributed by atoms with Crippen LogP contribution in [-0.2, 0) is 0 Å². The Balaban J connectivity index is 2.43. The number of aliphatic imine (C=N–C) groups is 1. The van der Waals surface area contributed by atoms with E-state index < -0.39 is 0 Å². The van der Waals surface area contributed by atoms with Gasteiger partial charge < -0.3 is 5.32 Å². The Kier molecular flexibility index (Phi) is 3.72. The third kappa shape index (κ3) is 2.46. The van der Waals surface area contributed by atoms with Crippen LogP contribution in [0.3, 0.4) is 0 Å². The number of aromatic nitrogens is 2. The quantitative estimate of drug-likeness (QED) is 0.334. The average molecular weight is 271 g/mol. The van der Waals surface area contributed by atoms with Gasteiger partial charge in [0.1, 0.15) is 11.0 Å². The van der Waals surface area contributed by atoms with E-state index in [1.165, 1.54) is 0 Å². The summed E-state index contributed by atoms with van der Waals surface area (Å²) in [5.74, 6) is 5.80. The summed E-state index contributed by atoms with van der Waals surface area (Å²) >= 11 is 7.25. The topological polar surface area (TPSA) is 88.2 Å². The zero-order chi connectivity index (χ0) is 12.3. The molecule has 0 fully saturated rings. The normalized spacial score (nSPS) is 11.8. The first kappa shape index (κ1) is 12.0. The van der Waals surface area contributed by atoms with Crippen molar-refractivity contribution in [3.63, 3.8) is 0 Å². The number of nitrogens with one attached hydrogen (secondary N) is 2. The molecule has 0 radical (unpaired) electrons. The summed E-state index contributed by atoms with van der Waals surface area (Å²) in [4.78, 5) is 4.14. The molecule has 0 saturated heterocycles. The van der Waals surface area contributed by atoms with Gasteiger partial charge in [0.15, 0.2) is 0 Å². The third-order valence-electron chi connectivity index (χ3n) is 2.07. The molecule has 90 valence electrons. The first-order valence-electron chi connectivity index (χ1n) is 4.95. The number of fused-ring (bicyclic) bond motifs is 1. The first-order chi connectivity index (χ1) is 8.26. The second-order valence-electron chi connectivity index (χ2n) is 3.15. The van der Waals surface area contributed by atoms with Crippen LogP contribution in [0.25, 0.3) is 11.0 Å². The molecule has 0 atom stereocenters. The number of benzene rings is 1. The van der Waals surface area contributed by atoms with Crippen molar-refractivity contribution in [2.75, 3.05) is 11.9 Å². The van der Waals surface area contributed by atoms with Crippen LogP contribution in [0.15, 0.2) is 17.1 Å². The monoisotopic (exact) mass is 270 g/mol. The molecule has 0 amide bonds. The fraction of sp³-hybridized carbons (Fsp3) is 0.222. The Bertz CT molecular complexity index is 551. The van der Waals surface area contributed by atoms with Crippen LogP contribution in [0.5, 0.6) is 0 Å². The smallest absolute Gasteiger partial charge is 0.210 e. The van der Waals surface area contributed by atoms with Crippen LogP contribution in [0.4, 0.5) is 5.69 Å². The van der Waals surface area contributed by atoms with E-state index in [4.69, 9.17) is 17.4 Å². The van der Waals surface area contributed by atoms with Gasteiger partial charge in [-0.15, -0.1) is 0 Å². The predicted octanol–water partition coefficient (Wildman–Crippen LogP) is 1.60. The van der Waals surface area contributed by atoms with Gasteiger partial charge in [0, 0.05) is 6.54 Å². The molecule has 17 heavy (non-hydrogen) atoms. The highest BCUT2D eigenvalue weighted by Crippen LogP contribution is 2.29. The molecule has 6 nitrogen and oxygen atoms in total. The molecule has 8 heteroatoms. The minimum Gasteiger partial charge on any atom is -0.322 e. The lowest BCUT2D eigenvalue weighted by Gasteiger charge is -2.10. The van der Waals surface area contributed by atoms with E-state index in [9.17, 15) is 0 Å². The minimum absolute atomic E-state index is 0.440. The number of nitrogens with zero attached hydrogens (tertiary/aromatic N) is 3. The van der Waals surface area contributed by atoms with Crippen molar-refractivity contribution >= 4 is 46.0 Å². The van der Waals surface area contributed by atoms with Crippen molar-refractivity contribution in [1.82, 2.24) is 14.2 Å². The van der Waals surface area contributed by atoms with Crippen molar-refractivity contribution in [1.29, 1.82) is 0 Å². The van der Waals surface area contributed by atoms with Gasteiger partial charge >= 0.3 is 0 Å². The Morgan fingerprint density at radius 2 is 2.35 bits per heavy atom. The molecule has 1 aromatic carbocycles. The van der Waals surface area contributed by atoms with E-state index in [-0.39, 0.29) is 0 Å². The standard InChI is InChI=1S/C9H11ClN6S/c1-2-12-9(14-11)13-7-5(10)3-4-6-8(7)16-17-15-6/h3-4H,2,11H2,1H3,(H2,12,13,14). The summed E-state index contributed by atoms with van der Waals surface area (Å²) in [6.45, 7) is 2.51. The lowest BCUT2D eigenvalue weighted by Crippen LogP contribution is -2.36. The van der Waals surface area contributed by atoms with E-state index >= 15 is 0 Å². The van der Waals surface area contributed by atoms with Gasteiger partial charge in [-0.1, -0.05) is 11.6 Å². The zero-order valence-electron chi connectivity index (χ0n) is 9.07. The fourth-order valence-corrected chi connectivity index (χ4v) is 2.09. The average Bonchev–Trinajstić information content (AvgIpc) is 2.80. The number of nitrogens with two attached hydrogens (primary N) is 1. The maximum atomic E-state index is 6.11. The van der Waals surface area contributed by atoms with Crippen LogP contribution in [0.2, 0.25) is 5.02 Å². The highest BCUT2D eigenvalue weighted by Gasteiger charge is 2.11. The van der Waals surface area contributed by atoms with Gasteiger partial charge in [-0.3, -0.25) is 10.4 Å². The number of anilines is 1. The number of hydrogen-bond acceptors (Lipinski definition) is 5. The van der Waals surface area contributed by atoms with Crippen LogP contribution < -0.4 is 16.6 Å². The van der Waals surface area contributed by atoms with E-state index in [2.05, 4.69) is 24.5 Å². The number of hydrogen-bond donors (Lipinski definition) is 3. The van der Waals surface area contributed by atoms with Gasteiger partial charge in [0.05, 0.1) is 22.4 Å². The second kappa shape index (κ2) is 5.26. The van der Waals surface area contributed by atoms with Crippen molar-refractivity contribution in [2.45, 2.75) is 6.92 Å². The van der Waals surface area contributed by atoms with Crippen molar-refractivity contribution in [3.8, 4) is 0 Å². The summed E-state index contributed by atoms with van der Waals surface area (Å²) in [6.07, 6.45) is 0. The zero-order valence-corrected chi connectivity index (χ0v) is 10.6. The Labute approximate surface area is 107 Å². The van der Waals surface area contributed by atoms with Crippen LogP contribution in [-0.4, -0.2) is 21.3 Å². The van der Waals surface area contributed by atoms with Crippen molar-refractivity contribution in [3.05, 3.63) is 17.2 Å². The molecule has 0 aliphatic rings. The second-order valence-corrected chi connectivity index (χ2v) is 4.08. The molecule has 2 rings (SSSR count). The fourth-order valence-electron chi connectivity index (χ4n) is 1.34.